The van der Waals surface area contributed by atoms with Gasteiger partial charge in [-0.3, -0.25) is 0 Å². The smallest absolute Gasteiger partial charge is 0.143 e. The number of furan rings is 1. The number of rotatable bonds is 5. The number of benzene rings is 1. The van der Waals surface area contributed by atoms with E-state index in [1.807, 2.05) is 12.1 Å². The molecule has 3 rings (SSSR count). The maximum Gasteiger partial charge on any atom is 0.143 e. The molecule has 0 aliphatic heterocycles. The van der Waals surface area contributed by atoms with Crippen molar-refractivity contribution < 1.29 is 9.15 Å². The summed E-state index contributed by atoms with van der Waals surface area (Å²) in [6.45, 7) is 2.84. The Kier molecular flexibility index (Phi) is 3.57. The quantitative estimate of drug-likeness (QED) is 0.903. The van der Waals surface area contributed by atoms with Crippen LogP contribution in [-0.2, 0) is 6.54 Å². The number of methoxy groups -OCH3 is 1. The van der Waals surface area contributed by atoms with Crippen LogP contribution >= 0.6 is 0 Å². The highest BCUT2D eigenvalue weighted by molar-refractivity contribution is 5.59. The van der Waals surface area contributed by atoms with Gasteiger partial charge >= 0.3 is 0 Å². The van der Waals surface area contributed by atoms with Crippen molar-refractivity contribution in [3.05, 3.63) is 47.4 Å². The van der Waals surface area contributed by atoms with Crippen LogP contribution in [0.25, 0.3) is 0 Å². The summed E-state index contributed by atoms with van der Waals surface area (Å²) in [6.07, 6.45) is 1.23. The van der Waals surface area contributed by atoms with E-state index in [9.17, 15) is 0 Å². The molecule has 21 heavy (non-hydrogen) atoms. The van der Waals surface area contributed by atoms with E-state index in [1.165, 1.54) is 6.42 Å². The highest BCUT2D eigenvalue weighted by Gasteiger charge is 2.36. The van der Waals surface area contributed by atoms with Crippen molar-refractivity contribution in [3.8, 4) is 11.8 Å². The Morgan fingerprint density at radius 3 is 2.86 bits per heavy atom. The number of nitrogens with zero attached hydrogens (tertiary/aromatic N) is 1. The van der Waals surface area contributed by atoms with Gasteiger partial charge in [-0.05, 0) is 36.6 Å². The minimum absolute atomic E-state index is 0.584. The normalized spacial score (nSPS) is 19.9. The molecule has 1 aliphatic carbocycles. The number of nitrogens with one attached hydrogen (secondary N) is 1. The average molecular weight is 282 g/mol. The molecule has 1 aromatic heterocycles. The third-order valence-corrected chi connectivity index (χ3v) is 3.94. The van der Waals surface area contributed by atoms with Crippen LogP contribution in [0.3, 0.4) is 0 Å². The summed E-state index contributed by atoms with van der Waals surface area (Å²) in [5, 5.41) is 12.2. The Bertz CT molecular complexity index is 684. The topological polar surface area (TPSA) is 58.2 Å². The Balaban J connectivity index is 1.67. The van der Waals surface area contributed by atoms with Crippen molar-refractivity contribution in [1.29, 1.82) is 5.26 Å². The fourth-order valence-corrected chi connectivity index (χ4v) is 2.50. The van der Waals surface area contributed by atoms with E-state index in [4.69, 9.17) is 14.4 Å². The number of ether oxygens (including phenoxy) is 1. The molecule has 2 aromatic rings. The van der Waals surface area contributed by atoms with E-state index >= 15 is 0 Å². The van der Waals surface area contributed by atoms with E-state index in [2.05, 4.69) is 24.4 Å². The van der Waals surface area contributed by atoms with E-state index in [-0.39, 0.29) is 0 Å². The molecular formula is C17H18N2O2. The summed E-state index contributed by atoms with van der Waals surface area (Å²) in [5.74, 6) is 4.01. The van der Waals surface area contributed by atoms with Crippen molar-refractivity contribution in [2.24, 2.45) is 5.92 Å². The van der Waals surface area contributed by atoms with Gasteiger partial charge in [0.15, 0.2) is 0 Å². The Morgan fingerprint density at radius 2 is 2.19 bits per heavy atom. The van der Waals surface area contributed by atoms with Gasteiger partial charge in [0.05, 0.1) is 31.0 Å². The SMILES string of the molecule is COc1cc(C#N)ccc1NCc1ccc(C2CC2C)o1. The molecule has 2 atom stereocenters. The summed E-state index contributed by atoms with van der Waals surface area (Å²) in [4.78, 5) is 0. The predicted octanol–water partition coefficient (Wildman–Crippen LogP) is 3.90. The van der Waals surface area contributed by atoms with Crippen LogP contribution < -0.4 is 10.1 Å². The second-order valence-electron chi connectivity index (χ2n) is 5.50. The molecule has 1 heterocycles. The highest BCUT2D eigenvalue weighted by Crippen LogP contribution is 2.47. The molecule has 108 valence electrons. The van der Waals surface area contributed by atoms with Crippen LogP contribution in [0.15, 0.2) is 34.7 Å². The first kappa shape index (κ1) is 13.6. The standard InChI is InChI=1S/C17H18N2O2/c1-11-7-14(11)16-6-4-13(21-16)10-19-15-5-3-12(9-18)8-17(15)20-2/h3-6,8,11,14,19H,7,10H2,1-2H3. The third-order valence-electron chi connectivity index (χ3n) is 3.94. The van der Waals surface area contributed by atoms with Crippen molar-refractivity contribution in [3.63, 3.8) is 0 Å². The molecule has 1 N–H and O–H groups in total. The molecule has 0 amide bonds. The van der Waals surface area contributed by atoms with Crippen LogP contribution in [0.1, 0.15) is 36.3 Å². The van der Waals surface area contributed by atoms with E-state index in [0.29, 0.717) is 23.8 Å². The van der Waals surface area contributed by atoms with Crippen LogP contribution in [0.5, 0.6) is 5.75 Å². The summed E-state index contributed by atoms with van der Waals surface area (Å²) < 4.78 is 11.2. The summed E-state index contributed by atoms with van der Waals surface area (Å²) >= 11 is 0. The van der Waals surface area contributed by atoms with Crippen molar-refractivity contribution in [2.45, 2.75) is 25.8 Å². The van der Waals surface area contributed by atoms with Gasteiger partial charge in [-0.1, -0.05) is 6.92 Å². The molecule has 0 bridgehead atoms. The van der Waals surface area contributed by atoms with Crippen LogP contribution in [-0.4, -0.2) is 7.11 Å². The average Bonchev–Trinajstić information content (AvgIpc) is 3.06. The fraction of sp³-hybridized carbons (Fsp3) is 0.353. The molecule has 4 heteroatoms. The van der Waals surface area contributed by atoms with Gasteiger partial charge in [0.25, 0.3) is 0 Å². The van der Waals surface area contributed by atoms with Crippen molar-refractivity contribution >= 4 is 5.69 Å². The lowest BCUT2D eigenvalue weighted by molar-refractivity contribution is 0.416. The number of anilines is 1. The molecule has 2 unspecified atom stereocenters. The van der Waals surface area contributed by atoms with Gasteiger partial charge in [0.1, 0.15) is 17.3 Å². The molecule has 1 fully saturated rings. The number of nitriles is 1. The maximum atomic E-state index is 8.90. The van der Waals surface area contributed by atoms with Gasteiger partial charge in [-0.15, -0.1) is 0 Å². The lowest BCUT2D eigenvalue weighted by atomic mass is 10.2. The van der Waals surface area contributed by atoms with E-state index in [1.54, 1.807) is 19.2 Å². The van der Waals surface area contributed by atoms with Gasteiger partial charge < -0.3 is 14.5 Å². The minimum Gasteiger partial charge on any atom is -0.495 e. The van der Waals surface area contributed by atoms with E-state index in [0.717, 1.165) is 23.1 Å². The first-order valence-corrected chi connectivity index (χ1v) is 7.12. The molecule has 0 radical (unpaired) electrons. The zero-order valence-electron chi connectivity index (χ0n) is 12.2. The molecular weight excluding hydrogens is 264 g/mol. The van der Waals surface area contributed by atoms with Crippen LogP contribution in [0, 0.1) is 17.2 Å². The summed E-state index contributed by atoms with van der Waals surface area (Å²) in [7, 11) is 1.60. The molecule has 1 aromatic carbocycles. The first-order valence-electron chi connectivity index (χ1n) is 7.12. The zero-order valence-corrected chi connectivity index (χ0v) is 12.2. The number of hydrogen-bond donors (Lipinski definition) is 1. The Hall–Kier alpha value is -2.41. The van der Waals surface area contributed by atoms with Crippen molar-refractivity contribution in [2.75, 3.05) is 12.4 Å². The number of hydrogen-bond acceptors (Lipinski definition) is 4. The van der Waals surface area contributed by atoms with Crippen LogP contribution in [0.2, 0.25) is 0 Å². The van der Waals surface area contributed by atoms with Crippen molar-refractivity contribution in [1.82, 2.24) is 0 Å². The second-order valence-corrected chi connectivity index (χ2v) is 5.50. The summed E-state index contributed by atoms with van der Waals surface area (Å²) in [5.41, 5.74) is 1.44. The second kappa shape index (κ2) is 5.53. The third kappa shape index (κ3) is 2.87. The Morgan fingerprint density at radius 1 is 1.38 bits per heavy atom. The van der Waals surface area contributed by atoms with Gasteiger partial charge in [0.2, 0.25) is 0 Å². The fourth-order valence-electron chi connectivity index (χ4n) is 2.50. The van der Waals surface area contributed by atoms with E-state index < -0.39 is 0 Å². The lowest BCUT2D eigenvalue weighted by Crippen LogP contribution is -2.00. The predicted molar refractivity (Wildman–Crippen MR) is 80.3 cm³/mol. The highest BCUT2D eigenvalue weighted by atomic mass is 16.5. The monoisotopic (exact) mass is 282 g/mol. The van der Waals surface area contributed by atoms with Gasteiger partial charge in [0, 0.05) is 12.0 Å². The zero-order chi connectivity index (χ0) is 14.8. The lowest BCUT2D eigenvalue weighted by Gasteiger charge is -2.10. The molecule has 4 nitrogen and oxygen atoms in total. The molecule has 0 saturated heterocycles. The largest absolute Gasteiger partial charge is 0.495 e. The molecule has 0 spiro atoms. The minimum atomic E-state index is 0.584. The van der Waals surface area contributed by atoms with Gasteiger partial charge in [-0.25, -0.2) is 0 Å². The maximum absolute atomic E-state index is 8.90. The van der Waals surface area contributed by atoms with Gasteiger partial charge in [-0.2, -0.15) is 5.26 Å². The van der Waals surface area contributed by atoms with Crippen LogP contribution in [0.4, 0.5) is 5.69 Å². The molecule has 1 saturated carbocycles. The molecule has 1 aliphatic rings. The Labute approximate surface area is 124 Å². The summed E-state index contributed by atoms with van der Waals surface area (Å²) in [6, 6.07) is 11.5. The first-order chi connectivity index (χ1) is 10.2.